The lowest BCUT2D eigenvalue weighted by Crippen LogP contribution is -2.43. The maximum atomic E-state index is 12.6. The summed E-state index contributed by atoms with van der Waals surface area (Å²) in [6, 6.07) is 0. The fourth-order valence-electron chi connectivity index (χ4n) is 2.18. The number of nitrogens with one attached hydrogen (secondary N) is 2. The van der Waals surface area contributed by atoms with Crippen molar-refractivity contribution < 1.29 is 8.42 Å². The maximum absolute atomic E-state index is 12.6. The summed E-state index contributed by atoms with van der Waals surface area (Å²) in [7, 11) is -1.65. The highest BCUT2D eigenvalue weighted by Crippen LogP contribution is 2.22. The van der Waals surface area contributed by atoms with Gasteiger partial charge in [-0.3, -0.25) is 4.68 Å². The zero-order valence-electron chi connectivity index (χ0n) is 13.9. The molecule has 21 heavy (non-hydrogen) atoms. The number of sulfonamides is 1. The Kier molecular flexibility index (Phi) is 5.95. The first kappa shape index (κ1) is 18.1. The molecule has 0 atom stereocenters. The summed E-state index contributed by atoms with van der Waals surface area (Å²) in [6.45, 7) is 10.9. The molecule has 0 unspecified atom stereocenters. The van der Waals surface area contributed by atoms with Gasteiger partial charge in [0.25, 0.3) is 0 Å². The summed E-state index contributed by atoms with van der Waals surface area (Å²) in [5, 5.41) is 7.45. The second kappa shape index (κ2) is 6.89. The molecule has 0 aliphatic rings. The second-order valence-electron chi connectivity index (χ2n) is 6.02. The highest BCUT2D eigenvalue weighted by molar-refractivity contribution is 7.89. The van der Waals surface area contributed by atoms with Crippen LogP contribution in [0.1, 0.15) is 45.0 Å². The van der Waals surface area contributed by atoms with Gasteiger partial charge in [0.15, 0.2) is 0 Å². The minimum atomic E-state index is -3.55. The lowest BCUT2D eigenvalue weighted by Gasteiger charge is -2.24. The van der Waals surface area contributed by atoms with Gasteiger partial charge in [0.2, 0.25) is 10.0 Å². The predicted molar refractivity (Wildman–Crippen MR) is 84.9 cm³/mol. The van der Waals surface area contributed by atoms with Gasteiger partial charge in [-0.05, 0) is 54.1 Å². The van der Waals surface area contributed by atoms with Crippen molar-refractivity contribution in [3.8, 4) is 0 Å². The zero-order valence-corrected chi connectivity index (χ0v) is 14.8. The van der Waals surface area contributed by atoms with E-state index in [0.29, 0.717) is 22.8 Å². The predicted octanol–water partition coefficient (Wildman–Crippen LogP) is 1.58. The van der Waals surface area contributed by atoms with Crippen molar-refractivity contribution >= 4 is 10.0 Å². The lowest BCUT2D eigenvalue weighted by atomic mass is 10.0. The molecule has 6 nitrogen and oxygen atoms in total. The van der Waals surface area contributed by atoms with Crippen LogP contribution in [-0.4, -0.2) is 37.3 Å². The van der Waals surface area contributed by atoms with Crippen molar-refractivity contribution in [1.29, 1.82) is 0 Å². The van der Waals surface area contributed by atoms with Crippen LogP contribution in [0.3, 0.4) is 0 Å². The smallest absolute Gasteiger partial charge is 0.244 e. The fraction of sp³-hybridized carbons (Fsp3) is 0.786. The van der Waals surface area contributed by atoms with Crippen molar-refractivity contribution in [3.05, 3.63) is 11.4 Å². The molecule has 0 fully saturated rings. The number of rotatable bonds is 8. The SMILES string of the molecule is CCC(C)(C)NS(=O)(=O)c1c(C)nn(CCCNC)c1C. The molecule has 0 bridgehead atoms. The van der Waals surface area contributed by atoms with Gasteiger partial charge in [-0.25, -0.2) is 13.1 Å². The van der Waals surface area contributed by atoms with Crippen LogP contribution in [0.4, 0.5) is 0 Å². The minimum Gasteiger partial charge on any atom is -0.320 e. The number of nitrogens with zero attached hydrogens (tertiary/aromatic N) is 2. The van der Waals surface area contributed by atoms with E-state index in [0.717, 1.165) is 19.4 Å². The van der Waals surface area contributed by atoms with Crippen molar-refractivity contribution in [2.24, 2.45) is 0 Å². The molecule has 1 heterocycles. The van der Waals surface area contributed by atoms with E-state index in [2.05, 4.69) is 15.1 Å². The summed E-state index contributed by atoms with van der Waals surface area (Å²) in [5.74, 6) is 0. The third kappa shape index (κ3) is 4.52. The van der Waals surface area contributed by atoms with E-state index >= 15 is 0 Å². The average Bonchev–Trinajstić information content (AvgIpc) is 2.64. The Balaban J connectivity index is 3.07. The summed E-state index contributed by atoms with van der Waals surface area (Å²) >= 11 is 0. The monoisotopic (exact) mass is 316 g/mol. The normalized spacial score (nSPS) is 12.9. The van der Waals surface area contributed by atoms with Crippen molar-refractivity contribution in [3.63, 3.8) is 0 Å². The lowest BCUT2D eigenvalue weighted by molar-refractivity contribution is 0.439. The van der Waals surface area contributed by atoms with E-state index in [1.54, 1.807) is 11.6 Å². The topological polar surface area (TPSA) is 76.0 Å². The molecule has 0 aromatic carbocycles. The van der Waals surface area contributed by atoms with E-state index < -0.39 is 15.6 Å². The third-order valence-electron chi connectivity index (χ3n) is 3.68. The quantitative estimate of drug-likeness (QED) is 0.714. The molecule has 0 amide bonds. The Morgan fingerprint density at radius 1 is 1.29 bits per heavy atom. The van der Waals surface area contributed by atoms with E-state index in [4.69, 9.17) is 0 Å². The molecule has 1 rings (SSSR count). The van der Waals surface area contributed by atoms with Gasteiger partial charge in [0.05, 0.1) is 11.4 Å². The number of aryl methyl sites for hydroxylation is 2. The summed E-state index contributed by atoms with van der Waals surface area (Å²) in [5.41, 5.74) is 0.783. The van der Waals surface area contributed by atoms with Crippen LogP contribution >= 0.6 is 0 Å². The zero-order chi connectivity index (χ0) is 16.3. The Morgan fingerprint density at radius 2 is 1.90 bits per heavy atom. The maximum Gasteiger partial charge on any atom is 0.244 e. The summed E-state index contributed by atoms with van der Waals surface area (Å²) in [4.78, 5) is 0.313. The fourth-order valence-corrected chi connectivity index (χ4v) is 4.08. The largest absolute Gasteiger partial charge is 0.320 e. The van der Waals surface area contributed by atoms with E-state index in [1.807, 2.05) is 34.7 Å². The van der Waals surface area contributed by atoms with Crippen LogP contribution in [0.2, 0.25) is 0 Å². The molecular weight excluding hydrogens is 288 g/mol. The Hall–Kier alpha value is -0.920. The third-order valence-corrected chi connectivity index (χ3v) is 5.62. The molecule has 1 aromatic rings. The standard InChI is InChI=1S/C14H28N4O2S/c1-7-14(4,5)17-21(19,20)13-11(2)16-18(12(13)3)10-8-9-15-6/h15,17H,7-10H2,1-6H3. The first-order valence-corrected chi connectivity index (χ1v) is 8.85. The van der Waals surface area contributed by atoms with E-state index in [-0.39, 0.29) is 0 Å². The number of hydrogen-bond acceptors (Lipinski definition) is 4. The Labute approximate surface area is 128 Å². The second-order valence-corrected chi connectivity index (χ2v) is 7.64. The first-order valence-electron chi connectivity index (χ1n) is 7.37. The molecular formula is C14H28N4O2S. The highest BCUT2D eigenvalue weighted by Gasteiger charge is 2.29. The first-order chi connectivity index (χ1) is 9.64. The molecule has 0 saturated heterocycles. The van der Waals surface area contributed by atoms with Crippen molar-refractivity contribution in [1.82, 2.24) is 19.8 Å². The van der Waals surface area contributed by atoms with Crippen LogP contribution in [0.5, 0.6) is 0 Å². The summed E-state index contributed by atoms with van der Waals surface area (Å²) in [6.07, 6.45) is 1.63. The molecule has 0 saturated carbocycles. The van der Waals surface area contributed by atoms with Crippen molar-refractivity contribution in [2.45, 2.75) is 64.4 Å². The van der Waals surface area contributed by atoms with Crippen LogP contribution in [0.25, 0.3) is 0 Å². The van der Waals surface area contributed by atoms with Gasteiger partial charge in [-0.1, -0.05) is 6.92 Å². The molecule has 0 aliphatic carbocycles. The Bertz CT molecular complexity index is 576. The van der Waals surface area contributed by atoms with Gasteiger partial charge in [-0.15, -0.1) is 0 Å². The van der Waals surface area contributed by atoms with Crippen LogP contribution in [0, 0.1) is 13.8 Å². The number of hydrogen-bond donors (Lipinski definition) is 2. The van der Waals surface area contributed by atoms with Gasteiger partial charge in [0, 0.05) is 12.1 Å². The molecule has 7 heteroatoms. The molecule has 0 spiro atoms. The molecule has 0 aliphatic heterocycles. The summed E-state index contributed by atoms with van der Waals surface area (Å²) < 4.78 is 29.8. The molecule has 0 radical (unpaired) electrons. The number of aromatic nitrogens is 2. The minimum absolute atomic E-state index is 0.313. The molecule has 1 aromatic heterocycles. The van der Waals surface area contributed by atoms with Crippen LogP contribution in [-0.2, 0) is 16.6 Å². The van der Waals surface area contributed by atoms with Gasteiger partial charge < -0.3 is 5.32 Å². The van der Waals surface area contributed by atoms with Gasteiger partial charge in [0.1, 0.15) is 4.90 Å². The molecule has 2 N–H and O–H groups in total. The van der Waals surface area contributed by atoms with E-state index in [1.165, 1.54) is 0 Å². The molecule has 122 valence electrons. The van der Waals surface area contributed by atoms with E-state index in [9.17, 15) is 8.42 Å². The average molecular weight is 316 g/mol. The highest BCUT2D eigenvalue weighted by atomic mass is 32.2. The van der Waals surface area contributed by atoms with Gasteiger partial charge >= 0.3 is 0 Å². The van der Waals surface area contributed by atoms with Crippen molar-refractivity contribution in [2.75, 3.05) is 13.6 Å². The van der Waals surface area contributed by atoms with Gasteiger partial charge in [-0.2, -0.15) is 5.10 Å². The van der Waals surface area contributed by atoms with Crippen LogP contribution in [0.15, 0.2) is 4.90 Å². The Morgan fingerprint density at radius 3 is 2.43 bits per heavy atom. The van der Waals surface area contributed by atoms with Crippen LogP contribution < -0.4 is 10.0 Å².